The number of rotatable bonds is 7. The number of hydrazone groups is 1. The van der Waals surface area contributed by atoms with Crippen molar-refractivity contribution in [1.29, 1.82) is 0 Å². The van der Waals surface area contributed by atoms with Crippen molar-refractivity contribution in [3.63, 3.8) is 0 Å². The molecule has 2 amide bonds. The van der Waals surface area contributed by atoms with Gasteiger partial charge >= 0.3 is 0 Å². The average molecular weight is 403 g/mol. The Labute approximate surface area is 174 Å². The highest BCUT2D eigenvalue weighted by Crippen LogP contribution is 2.18. The Hall–Kier alpha value is -4.13. The van der Waals surface area contributed by atoms with Crippen LogP contribution in [0.5, 0.6) is 11.5 Å². The first kappa shape index (κ1) is 20.6. The first-order valence-electron chi connectivity index (χ1n) is 9.13. The highest BCUT2D eigenvalue weighted by molar-refractivity contribution is 6.09. The lowest BCUT2D eigenvalue weighted by Crippen LogP contribution is -2.21. The van der Waals surface area contributed by atoms with Crippen LogP contribution >= 0.6 is 0 Å². The van der Waals surface area contributed by atoms with E-state index in [1.807, 2.05) is 18.2 Å². The van der Waals surface area contributed by atoms with Gasteiger partial charge in [0.2, 0.25) is 0 Å². The minimum Gasteiger partial charge on any atom is -0.497 e. The van der Waals surface area contributed by atoms with Crippen molar-refractivity contribution >= 4 is 23.7 Å². The van der Waals surface area contributed by atoms with Crippen LogP contribution in [0.3, 0.4) is 0 Å². The molecule has 0 heterocycles. The van der Waals surface area contributed by atoms with Crippen molar-refractivity contribution in [2.45, 2.75) is 0 Å². The van der Waals surface area contributed by atoms with Gasteiger partial charge in [-0.2, -0.15) is 5.10 Å². The SMILES string of the molecule is COc1ccc(C(=O)Nc2ccccc2C(=O)N/N=C\c2ccccc2OC)cc1. The topological polar surface area (TPSA) is 89.0 Å². The van der Waals surface area contributed by atoms with Crippen LogP contribution in [-0.4, -0.2) is 32.2 Å². The number of carbonyl (C=O) groups is 2. The van der Waals surface area contributed by atoms with Crippen molar-refractivity contribution in [3.05, 3.63) is 89.5 Å². The normalized spacial score (nSPS) is 10.5. The molecule has 0 saturated heterocycles. The summed E-state index contributed by atoms with van der Waals surface area (Å²) in [4.78, 5) is 25.1. The Bertz CT molecular complexity index is 1060. The van der Waals surface area contributed by atoms with Crippen LogP contribution in [0.4, 0.5) is 5.69 Å². The lowest BCUT2D eigenvalue weighted by Gasteiger charge is -2.10. The highest BCUT2D eigenvalue weighted by atomic mass is 16.5. The minimum absolute atomic E-state index is 0.288. The second kappa shape index (κ2) is 9.88. The summed E-state index contributed by atoms with van der Waals surface area (Å²) in [6.07, 6.45) is 1.50. The molecule has 2 N–H and O–H groups in total. The maximum absolute atomic E-state index is 12.6. The zero-order chi connectivity index (χ0) is 21.3. The van der Waals surface area contributed by atoms with Gasteiger partial charge in [-0.3, -0.25) is 9.59 Å². The molecular weight excluding hydrogens is 382 g/mol. The molecule has 3 aromatic rings. The standard InChI is InChI=1S/C23H21N3O4/c1-29-18-13-11-16(12-14-18)22(27)25-20-9-5-4-8-19(20)23(28)26-24-15-17-7-3-6-10-21(17)30-2/h3-15H,1-2H3,(H,25,27)(H,26,28)/b24-15-. The number of methoxy groups -OCH3 is 2. The molecule has 7 nitrogen and oxygen atoms in total. The molecule has 0 aliphatic heterocycles. The zero-order valence-corrected chi connectivity index (χ0v) is 16.6. The molecule has 0 aliphatic carbocycles. The van der Waals surface area contributed by atoms with Crippen LogP contribution in [0, 0.1) is 0 Å². The van der Waals surface area contributed by atoms with E-state index < -0.39 is 5.91 Å². The molecule has 0 saturated carbocycles. The van der Waals surface area contributed by atoms with E-state index in [1.165, 1.54) is 6.21 Å². The van der Waals surface area contributed by atoms with Gasteiger partial charge in [0.1, 0.15) is 11.5 Å². The van der Waals surface area contributed by atoms with Crippen molar-refractivity contribution in [3.8, 4) is 11.5 Å². The molecule has 0 bridgehead atoms. The molecule has 3 rings (SSSR count). The van der Waals surface area contributed by atoms with E-state index in [0.717, 1.165) is 5.56 Å². The number of nitrogens with zero attached hydrogens (tertiary/aromatic N) is 1. The van der Waals surface area contributed by atoms with Crippen molar-refractivity contribution < 1.29 is 19.1 Å². The fourth-order valence-electron chi connectivity index (χ4n) is 2.72. The lowest BCUT2D eigenvalue weighted by atomic mass is 10.1. The smallest absolute Gasteiger partial charge is 0.273 e. The van der Waals surface area contributed by atoms with Crippen molar-refractivity contribution in [1.82, 2.24) is 5.43 Å². The number of hydrogen-bond acceptors (Lipinski definition) is 5. The summed E-state index contributed by atoms with van der Waals surface area (Å²) in [5, 5.41) is 6.75. The highest BCUT2D eigenvalue weighted by Gasteiger charge is 2.14. The summed E-state index contributed by atoms with van der Waals surface area (Å²) in [6, 6.07) is 20.7. The monoisotopic (exact) mass is 403 g/mol. The fourth-order valence-corrected chi connectivity index (χ4v) is 2.72. The Kier molecular flexibility index (Phi) is 6.78. The molecule has 0 unspecified atom stereocenters. The van der Waals surface area contributed by atoms with Crippen LogP contribution in [0.25, 0.3) is 0 Å². The van der Waals surface area contributed by atoms with Gasteiger partial charge in [0.25, 0.3) is 11.8 Å². The summed E-state index contributed by atoms with van der Waals surface area (Å²) in [5.74, 6) is 0.504. The number of ether oxygens (including phenoxy) is 2. The Balaban J connectivity index is 1.71. The number of nitrogens with one attached hydrogen (secondary N) is 2. The van der Waals surface area contributed by atoms with Crippen LogP contribution in [0.1, 0.15) is 26.3 Å². The van der Waals surface area contributed by atoms with Crippen molar-refractivity contribution in [2.24, 2.45) is 5.10 Å². The minimum atomic E-state index is -0.452. The number of benzene rings is 3. The summed E-state index contributed by atoms with van der Waals surface area (Å²) >= 11 is 0. The van der Waals surface area contributed by atoms with E-state index in [2.05, 4.69) is 15.8 Å². The lowest BCUT2D eigenvalue weighted by molar-refractivity contribution is 0.0956. The molecule has 152 valence electrons. The van der Waals surface area contributed by atoms with Gasteiger partial charge in [-0.15, -0.1) is 0 Å². The molecular formula is C23H21N3O4. The second-order valence-corrected chi connectivity index (χ2v) is 6.17. The van der Waals surface area contributed by atoms with E-state index in [4.69, 9.17) is 9.47 Å². The van der Waals surface area contributed by atoms with Crippen LogP contribution in [0.15, 0.2) is 77.9 Å². The maximum Gasteiger partial charge on any atom is 0.273 e. The first-order chi connectivity index (χ1) is 14.6. The molecule has 30 heavy (non-hydrogen) atoms. The van der Waals surface area contributed by atoms with E-state index >= 15 is 0 Å². The molecule has 0 aromatic heterocycles. The third-order valence-electron chi connectivity index (χ3n) is 4.28. The first-order valence-corrected chi connectivity index (χ1v) is 9.13. The van der Waals surface area contributed by atoms with Crippen LogP contribution < -0.4 is 20.2 Å². The number of anilines is 1. The number of carbonyl (C=O) groups excluding carboxylic acids is 2. The maximum atomic E-state index is 12.6. The molecule has 3 aromatic carbocycles. The second-order valence-electron chi connectivity index (χ2n) is 6.17. The Morgan fingerprint density at radius 1 is 0.833 bits per heavy atom. The predicted molar refractivity (Wildman–Crippen MR) is 115 cm³/mol. The Morgan fingerprint density at radius 3 is 2.27 bits per heavy atom. The number of hydrogen-bond donors (Lipinski definition) is 2. The van der Waals surface area contributed by atoms with Gasteiger partial charge < -0.3 is 14.8 Å². The summed E-state index contributed by atoms with van der Waals surface area (Å²) in [6.45, 7) is 0. The molecule has 0 atom stereocenters. The fraction of sp³-hybridized carbons (Fsp3) is 0.0870. The van der Waals surface area contributed by atoms with Gasteiger partial charge in [0.05, 0.1) is 31.7 Å². The van der Waals surface area contributed by atoms with E-state index in [9.17, 15) is 9.59 Å². The summed E-state index contributed by atoms with van der Waals surface area (Å²) in [7, 11) is 3.12. The van der Waals surface area contributed by atoms with Crippen molar-refractivity contribution in [2.75, 3.05) is 19.5 Å². The predicted octanol–water partition coefficient (Wildman–Crippen LogP) is 3.72. The van der Waals surface area contributed by atoms with E-state index in [-0.39, 0.29) is 11.5 Å². The zero-order valence-electron chi connectivity index (χ0n) is 16.6. The van der Waals surface area contributed by atoms with Crippen LogP contribution in [-0.2, 0) is 0 Å². The number of amides is 2. The molecule has 0 radical (unpaired) electrons. The Morgan fingerprint density at radius 2 is 1.53 bits per heavy atom. The summed E-state index contributed by atoms with van der Waals surface area (Å²) < 4.78 is 10.3. The number of para-hydroxylation sites is 2. The van der Waals surface area contributed by atoms with E-state index in [0.29, 0.717) is 22.7 Å². The quantitative estimate of drug-likeness (QED) is 0.465. The third kappa shape index (κ3) is 5.02. The molecule has 0 aliphatic rings. The molecule has 0 fully saturated rings. The van der Waals surface area contributed by atoms with Gasteiger partial charge in [-0.05, 0) is 48.5 Å². The third-order valence-corrected chi connectivity index (χ3v) is 4.28. The van der Waals surface area contributed by atoms with Gasteiger partial charge in [0.15, 0.2) is 0 Å². The van der Waals surface area contributed by atoms with Crippen LogP contribution in [0.2, 0.25) is 0 Å². The van der Waals surface area contributed by atoms with Gasteiger partial charge in [-0.1, -0.05) is 24.3 Å². The molecule has 7 heteroatoms. The average Bonchev–Trinajstić information content (AvgIpc) is 2.79. The van der Waals surface area contributed by atoms with E-state index in [1.54, 1.807) is 68.8 Å². The van der Waals surface area contributed by atoms with Gasteiger partial charge in [0, 0.05) is 11.1 Å². The molecule has 0 spiro atoms. The largest absolute Gasteiger partial charge is 0.497 e. The van der Waals surface area contributed by atoms with Gasteiger partial charge in [-0.25, -0.2) is 5.43 Å². The summed E-state index contributed by atoms with van der Waals surface area (Å²) in [5.41, 5.74) is 4.31.